The van der Waals surface area contributed by atoms with Gasteiger partial charge in [0, 0.05) is 24.2 Å². The average molecular weight is 414 g/mol. The fourth-order valence-electron chi connectivity index (χ4n) is 2.74. The highest BCUT2D eigenvalue weighted by Gasteiger charge is 2.13. The molecule has 0 aliphatic carbocycles. The van der Waals surface area contributed by atoms with Crippen molar-refractivity contribution >= 4 is 29.5 Å². The average Bonchev–Trinajstić information content (AvgIpc) is 2.71. The fraction of sp³-hybridized carbons (Fsp3) is 0.300. The first kappa shape index (κ1) is 20.8. The Kier molecular flexibility index (Phi) is 7.20. The number of nitrogens with zero attached hydrogens (tertiary/aromatic N) is 1. The van der Waals surface area contributed by atoms with Crippen LogP contribution in [0.2, 0.25) is 0 Å². The molecule has 9 heteroatoms. The Hall–Kier alpha value is -2.91. The summed E-state index contributed by atoms with van der Waals surface area (Å²) in [7, 11) is 0. The van der Waals surface area contributed by atoms with Crippen LogP contribution >= 0.6 is 11.8 Å². The van der Waals surface area contributed by atoms with Crippen molar-refractivity contribution < 1.29 is 14.4 Å². The number of aromatic nitrogens is 1. The zero-order chi connectivity index (χ0) is 20.6. The second kappa shape index (κ2) is 10.0. The summed E-state index contributed by atoms with van der Waals surface area (Å²) in [5.74, 6) is -1.02. The summed E-state index contributed by atoms with van der Waals surface area (Å²) >= 11 is 1.52. The van der Waals surface area contributed by atoms with Crippen LogP contribution in [0.1, 0.15) is 16.7 Å². The number of amides is 3. The monoisotopic (exact) mass is 413 g/mol. The summed E-state index contributed by atoms with van der Waals surface area (Å²) in [4.78, 5) is 41.3. The molecule has 0 spiro atoms. The Morgan fingerprint density at radius 1 is 0.828 bits per heavy atom. The topological polar surface area (TPSA) is 112 Å². The van der Waals surface area contributed by atoms with Crippen LogP contribution in [0.15, 0.2) is 46.5 Å². The molecule has 1 aromatic heterocycles. The van der Waals surface area contributed by atoms with Gasteiger partial charge < -0.3 is 21.3 Å². The van der Waals surface area contributed by atoms with Crippen molar-refractivity contribution in [3.63, 3.8) is 0 Å². The van der Waals surface area contributed by atoms with Gasteiger partial charge in [-0.1, -0.05) is 36.0 Å². The van der Waals surface area contributed by atoms with Crippen molar-refractivity contribution in [1.29, 1.82) is 0 Å². The molecule has 0 fully saturated rings. The van der Waals surface area contributed by atoms with Crippen LogP contribution in [0.5, 0.6) is 0 Å². The van der Waals surface area contributed by atoms with E-state index in [0.29, 0.717) is 13.1 Å². The maximum absolute atomic E-state index is 12.0. The van der Waals surface area contributed by atoms with Gasteiger partial charge in [-0.2, -0.15) is 0 Å². The lowest BCUT2D eigenvalue weighted by Gasteiger charge is -2.13. The Morgan fingerprint density at radius 2 is 1.48 bits per heavy atom. The molecule has 8 nitrogen and oxygen atoms in total. The lowest BCUT2D eigenvalue weighted by atomic mass is 10.2. The minimum atomic E-state index is -0.418. The molecule has 2 heterocycles. The normalized spacial score (nSPS) is 16.5. The highest BCUT2D eigenvalue weighted by molar-refractivity contribution is 7.99. The predicted octanol–water partition coefficient (Wildman–Crippen LogP) is 0.493. The maximum Gasteiger partial charge on any atom is 0.239 e. The van der Waals surface area contributed by atoms with Gasteiger partial charge in [0.1, 0.15) is 5.03 Å². The summed E-state index contributed by atoms with van der Waals surface area (Å²) in [6.07, 6.45) is 1.81. The van der Waals surface area contributed by atoms with E-state index in [-0.39, 0.29) is 31.4 Å². The number of benzene rings is 1. The number of nitrogens with one attached hydrogen (secondary N) is 4. The van der Waals surface area contributed by atoms with Gasteiger partial charge in [0.25, 0.3) is 0 Å². The Bertz CT molecular complexity index is 919. The van der Waals surface area contributed by atoms with E-state index in [1.54, 1.807) is 0 Å². The van der Waals surface area contributed by atoms with Gasteiger partial charge in [-0.25, -0.2) is 4.98 Å². The molecular weight excluding hydrogens is 390 g/mol. The molecule has 0 bridgehead atoms. The number of hydrogen-bond acceptors (Lipinski definition) is 6. The van der Waals surface area contributed by atoms with Gasteiger partial charge in [-0.05, 0) is 29.7 Å². The predicted molar refractivity (Wildman–Crippen MR) is 109 cm³/mol. The third-order valence-corrected chi connectivity index (χ3v) is 5.39. The van der Waals surface area contributed by atoms with Gasteiger partial charge in [-0.3, -0.25) is 14.4 Å². The number of hydrogen-bond donors (Lipinski definition) is 4. The van der Waals surface area contributed by atoms with Crippen LogP contribution in [0, 0.1) is 6.92 Å². The first-order valence-corrected chi connectivity index (χ1v) is 10.0. The molecule has 152 valence electrons. The largest absolute Gasteiger partial charge is 0.350 e. The van der Waals surface area contributed by atoms with Gasteiger partial charge in [0.05, 0.1) is 19.6 Å². The van der Waals surface area contributed by atoms with Gasteiger partial charge in [0.15, 0.2) is 0 Å². The molecule has 4 N–H and O–H groups in total. The zero-order valence-electron chi connectivity index (χ0n) is 16.1. The Balaban J connectivity index is 1.85. The van der Waals surface area contributed by atoms with Gasteiger partial charge in [-0.15, -0.1) is 0 Å². The zero-order valence-corrected chi connectivity index (χ0v) is 16.9. The first-order valence-electron chi connectivity index (χ1n) is 9.23. The molecule has 0 atom stereocenters. The minimum absolute atomic E-state index is 0.0718. The molecule has 0 radical (unpaired) electrons. The van der Waals surface area contributed by atoms with E-state index >= 15 is 0 Å². The van der Waals surface area contributed by atoms with E-state index in [0.717, 1.165) is 26.6 Å². The number of fused-ring (bicyclic) bond motifs is 2. The molecule has 1 aromatic carbocycles. The smallest absolute Gasteiger partial charge is 0.239 e. The quantitative estimate of drug-likeness (QED) is 0.500. The van der Waals surface area contributed by atoms with Crippen molar-refractivity contribution in [2.24, 2.45) is 0 Å². The van der Waals surface area contributed by atoms with E-state index in [1.165, 1.54) is 11.8 Å². The van der Waals surface area contributed by atoms with E-state index < -0.39 is 5.91 Å². The van der Waals surface area contributed by atoms with Gasteiger partial charge in [0.2, 0.25) is 17.7 Å². The highest BCUT2D eigenvalue weighted by Crippen LogP contribution is 2.31. The van der Waals surface area contributed by atoms with Crippen molar-refractivity contribution in [2.45, 2.75) is 29.9 Å². The third-order valence-electron chi connectivity index (χ3n) is 4.21. The van der Waals surface area contributed by atoms with Crippen LogP contribution in [0.4, 0.5) is 0 Å². The number of carbonyl (C=O) groups excluding carboxylic acids is 3. The van der Waals surface area contributed by atoms with E-state index in [1.807, 2.05) is 43.5 Å². The molecule has 1 aliphatic heterocycles. The Labute approximate surface area is 173 Å². The van der Waals surface area contributed by atoms with E-state index in [9.17, 15) is 14.4 Å². The molecule has 3 amide bonds. The Morgan fingerprint density at radius 3 is 2.24 bits per heavy atom. The lowest BCUT2D eigenvalue weighted by Crippen LogP contribution is -2.43. The summed E-state index contributed by atoms with van der Waals surface area (Å²) in [5.41, 5.74) is 2.96. The third kappa shape index (κ3) is 6.30. The molecule has 2 aromatic rings. The summed E-state index contributed by atoms with van der Waals surface area (Å²) in [6, 6.07) is 9.82. The summed E-state index contributed by atoms with van der Waals surface area (Å²) in [5, 5.41) is 11.8. The van der Waals surface area contributed by atoms with Crippen LogP contribution in [0.3, 0.4) is 0 Å². The summed E-state index contributed by atoms with van der Waals surface area (Å²) < 4.78 is 0. The van der Waals surface area contributed by atoms with Crippen LogP contribution in [0.25, 0.3) is 0 Å². The molecule has 0 saturated heterocycles. The molecular formula is C20H23N5O3S. The van der Waals surface area contributed by atoms with Crippen LogP contribution in [-0.2, 0) is 27.5 Å². The number of aryl methyl sites for hydroxylation is 1. The standard InChI is InChI=1S/C20H23N5O3S/c1-13-6-15-8-21-10-17(26)23-12-19(28)24-11-18(27)22-9-14-4-2-3-5-16(14)29-20(15)25-7-13/h2-7,21H,8-12H2,1H3,(H,22,27)(H,23,26)(H,24,28). The van der Waals surface area contributed by atoms with E-state index in [4.69, 9.17) is 0 Å². The van der Waals surface area contributed by atoms with Crippen molar-refractivity contribution in [1.82, 2.24) is 26.3 Å². The molecule has 29 heavy (non-hydrogen) atoms. The SMILES string of the molecule is Cc1cnc2c(c1)CNCC(=O)NCC(=O)NCC(=O)NCc1ccccc1S2. The molecule has 3 rings (SSSR count). The van der Waals surface area contributed by atoms with Crippen LogP contribution < -0.4 is 21.3 Å². The van der Waals surface area contributed by atoms with Crippen molar-refractivity contribution in [2.75, 3.05) is 19.6 Å². The number of pyridine rings is 1. The molecule has 1 aliphatic rings. The maximum atomic E-state index is 12.0. The second-order valence-electron chi connectivity index (χ2n) is 6.62. The van der Waals surface area contributed by atoms with E-state index in [2.05, 4.69) is 26.3 Å². The van der Waals surface area contributed by atoms with Crippen LogP contribution in [-0.4, -0.2) is 42.3 Å². The number of carbonyl (C=O) groups is 3. The fourth-order valence-corrected chi connectivity index (χ4v) is 3.73. The van der Waals surface area contributed by atoms with Crippen molar-refractivity contribution in [3.8, 4) is 0 Å². The number of rotatable bonds is 0. The second-order valence-corrected chi connectivity index (χ2v) is 7.65. The highest BCUT2D eigenvalue weighted by atomic mass is 32.2. The molecule has 0 saturated carbocycles. The molecule has 0 unspecified atom stereocenters. The first-order chi connectivity index (χ1) is 14.0. The van der Waals surface area contributed by atoms with Crippen molar-refractivity contribution in [3.05, 3.63) is 53.2 Å². The lowest BCUT2D eigenvalue weighted by molar-refractivity contribution is -0.127. The summed E-state index contributed by atoms with van der Waals surface area (Å²) in [6.45, 7) is 2.52. The van der Waals surface area contributed by atoms with Gasteiger partial charge >= 0.3 is 0 Å². The minimum Gasteiger partial charge on any atom is -0.350 e.